The standard InChI is InChI=1S/C15H20N2O3/c1-2-10(9-16)7-14(18)17-12-6-4-3-5-11(12)8-13(17)15(19)20/h3-6,10,13H,2,7-9,16H2,1H3,(H,19,20). The predicted octanol–water partition coefficient (Wildman–Crippen LogP) is 1.40. The maximum atomic E-state index is 12.5. The van der Waals surface area contributed by atoms with Crippen LogP contribution < -0.4 is 10.6 Å². The fraction of sp³-hybridized carbons (Fsp3) is 0.467. The number of carboxylic acid groups (broad SMARTS) is 1. The highest BCUT2D eigenvalue weighted by Gasteiger charge is 2.38. The fourth-order valence-corrected chi connectivity index (χ4v) is 2.63. The molecule has 5 heteroatoms. The molecule has 5 nitrogen and oxygen atoms in total. The molecule has 0 radical (unpaired) electrons. The van der Waals surface area contributed by atoms with Crippen LogP contribution in [0.25, 0.3) is 0 Å². The number of hydrogen-bond acceptors (Lipinski definition) is 3. The summed E-state index contributed by atoms with van der Waals surface area (Å²) in [6.45, 7) is 2.42. The Morgan fingerprint density at radius 3 is 2.75 bits per heavy atom. The summed E-state index contributed by atoms with van der Waals surface area (Å²) in [7, 11) is 0. The SMILES string of the molecule is CCC(CN)CC(=O)N1c2ccccc2CC1C(=O)O. The van der Waals surface area contributed by atoms with Crippen LogP contribution in [0.15, 0.2) is 24.3 Å². The molecule has 20 heavy (non-hydrogen) atoms. The largest absolute Gasteiger partial charge is 0.480 e. The molecule has 2 atom stereocenters. The monoisotopic (exact) mass is 276 g/mol. The first-order valence-corrected chi connectivity index (χ1v) is 6.91. The summed E-state index contributed by atoms with van der Waals surface area (Å²) < 4.78 is 0. The Morgan fingerprint density at radius 2 is 2.15 bits per heavy atom. The summed E-state index contributed by atoms with van der Waals surface area (Å²) in [5.41, 5.74) is 7.26. The molecule has 3 N–H and O–H groups in total. The summed E-state index contributed by atoms with van der Waals surface area (Å²) in [4.78, 5) is 25.3. The van der Waals surface area contributed by atoms with E-state index in [2.05, 4.69) is 0 Å². The molecule has 108 valence electrons. The molecule has 0 bridgehead atoms. The molecule has 0 saturated carbocycles. The third-order valence-corrected chi connectivity index (χ3v) is 3.90. The zero-order valence-electron chi connectivity index (χ0n) is 11.6. The van der Waals surface area contributed by atoms with Crippen molar-refractivity contribution >= 4 is 17.6 Å². The zero-order chi connectivity index (χ0) is 14.7. The minimum atomic E-state index is -0.963. The summed E-state index contributed by atoms with van der Waals surface area (Å²) in [6, 6.07) is 6.57. The predicted molar refractivity (Wildman–Crippen MR) is 76.5 cm³/mol. The number of anilines is 1. The number of carboxylic acids is 1. The van der Waals surface area contributed by atoms with Crippen LogP contribution in [0.1, 0.15) is 25.3 Å². The van der Waals surface area contributed by atoms with Gasteiger partial charge in [-0.25, -0.2) is 4.79 Å². The van der Waals surface area contributed by atoms with Crippen LogP contribution in [0, 0.1) is 5.92 Å². The Kier molecular flexibility index (Phi) is 4.39. The number of benzene rings is 1. The second-order valence-electron chi connectivity index (χ2n) is 5.16. The van der Waals surface area contributed by atoms with E-state index in [0.717, 1.165) is 17.7 Å². The van der Waals surface area contributed by atoms with Gasteiger partial charge in [-0.2, -0.15) is 0 Å². The van der Waals surface area contributed by atoms with Crippen LogP contribution in [0.3, 0.4) is 0 Å². The van der Waals surface area contributed by atoms with Crippen molar-refractivity contribution in [3.63, 3.8) is 0 Å². The molecule has 2 unspecified atom stereocenters. The van der Waals surface area contributed by atoms with Crippen LogP contribution in [-0.2, 0) is 16.0 Å². The first-order chi connectivity index (χ1) is 9.58. The van der Waals surface area contributed by atoms with Gasteiger partial charge in [0, 0.05) is 18.5 Å². The van der Waals surface area contributed by atoms with Gasteiger partial charge in [-0.1, -0.05) is 31.5 Å². The Hall–Kier alpha value is -1.88. The fourth-order valence-electron chi connectivity index (χ4n) is 2.63. The number of hydrogen-bond donors (Lipinski definition) is 2. The molecule has 1 amide bonds. The number of fused-ring (bicyclic) bond motifs is 1. The molecule has 0 aliphatic carbocycles. The van der Waals surface area contributed by atoms with Crippen LogP contribution >= 0.6 is 0 Å². The van der Waals surface area contributed by atoms with Crippen LogP contribution in [0.5, 0.6) is 0 Å². The number of rotatable bonds is 5. The van der Waals surface area contributed by atoms with Crippen LogP contribution in [-0.4, -0.2) is 29.6 Å². The topological polar surface area (TPSA) is 83.6 Å². The molecule has 0 spiro atoms. The van der Waals surface area contributed by atoms with Gasteiger partial charge in [0.05, 0.1) is 0 Å². The van der Waals surface area contributed by atoms with Crippen molar-refractivity contribution in [1.29, 1.82) is 0 Å². The molecule has 1 aliphatic heterocycles. The van der Waals surface area contributed by atoms with E-state index >= 15 is 0 Å². The van der Waals surface area contributed by atoms with E-state index in [-0.39, 0.29) is 11.8 Å². The van der Waals surface area contributed by atoms with Gasteiger partial charge in [0.15, 0.2) is 0 Å². The number of para-hydroxylation sites is 1. The molecule has 1 heterocycles. The first kappa shape index (κ1) is 14.5. The smallest absolute Gasteiger partial charge is 0.327 e. The average molecular weight is 276 g/mol. The Labute approximate surface area is 118 Å². The molecular weight excluding hydrogens is 256 g/mol. The second kappa shape index (κ2) is 6.05. The highest BCUT2D eigenvalue weighted by atomic mass is 16.4. The first-order valence-electron chi connectivity index (χ1n) is 6.91. The molecule has 1 aliphatic rings. The van der Waals surface area contributed by atoms with E-state index in [9.17, 15) is 14.7 Å². The van der Waals surface area contributed by atoms with Crippen LogP contribution in [0.4, 0.5) is 5.69 Å². The van der Waals surface area contributed by atoms with Gasteiger partial charge in [0.2, 0.25) is 5.91 Å². The van der Waals surface area contributed by atoms with Gasteiger partial charge in [-0.05, 0) is 24.1 Å². The maximum absolute atomic E-state index is 12.5. The van der Waals surface area contributed by atoms with Crippen LogP contribution in [0.2, 0.25) is 0 Å². The minimum absolute atomic E-state index is 0.102. The lowest BCUT2D eigenvalue weighted by Gasteiger charge is -2.24. The Morgan fingerprint density at radius 1 is 1.45 bits per heavy atom. The molecule has 0 aromatic heterocycles. The molecule has 2 rings (SSSR count). The Bertz CT molecular complexity index is 512. The summed E-state index contributed by atoms with van der Waals surface area (Å²) in [6.07, 6.45) is 1.48. The lowest BCUT2D eigenvalue weighted by Crippen LogP contribution is -2.43. The van der Waals surface area contributed by atoms with Gasteiger partial charge in [0.25, 0.3) is 0 Å². The number of nitrogens with two attached hydrogens (primary N) is 1. The van der Waals surface area contributed by atoms with Crippen molar-refractivity contribution in [2.24, 2.45) is 11.7 Å². The number of amides is 1. The van der Waals surface area contributed by atoms with Gasteiger partial charge in [-0.15, -0.1) is 0 Å². The lowest BCUT2D eigenvalue weighted by molar-refractivity contribution is -0.140. The lowest BCUT2D eigenvalue weighted by atomic mass is 10.0. The van der Waals surface area contributed by atoms with Crippen molar-refractivity contribution < 1.29 is 14.7 Å². The van der Waals surface area contributed by atoms with E-state index in [1.807, 2.05) is 25.1 Å². The van der Waals surface area contributed by atoms with E-state index in [1.165, 1.54) is 4.90 Å². The highest BCUT2D eigenvalue weighted by Crippen LogP contribution is 2.33. The highest BCUT2D eigenvalue weighted by molar-refractivity contribution is 6.01. The summed E-state index contributed by atoms with van der Waals surface area (Å²) >= 11 is 0. The Balaban J connectivity index is 2.26. The third-order valence-electron chi connectivity index (χ3n) is 3.90. The van der Waals surface area contributed by atoms with Crippen molar-refractivity contribution in [3.05, 3.63) is 29.8 Å². The number of aliphatic carboxylic acids is 1. The molecule has 0 fully saturated rings. The minimum Gasteiger partial charge on any atom is -0.480 e. The van der Waals surface area contributed by atoms with E-state index in [0.29, 0.717) is 19.4 Å². The molecule has 1 aromatic rings. The summed E-state index contributed by atoms with van der Waals surface area (Å²) in [5, 5.41) is 9.33. The maximum Gasteiger partial charge on any atom is 0.327 e. The number of nitrogens with zero attached hydrogens (tertiary/aromatic N) is 1. The average Bonchev–Trinajstić information content (AvgIpc) is 2.84. The van der Waals surface area contributed by atoms with Gasteiger partial charge >= 0.3 is 5.97 Å². The molecule has 1 aromatic carbocycles. The second-order valence-corrected chi connectivity index (χ2v) is 5.16. The molecule has 0 saturated heterocycles. The van der Waals surface area contributed by atoms with Crippen molar-refractivity contribution in [2.45, 2.75) is 32.2 Å². The van der Waals surface area contributed by atoms with E-state index < -0.39 is 12.0 Å². The van der Waals surface area contributed by atoms with Crippen molar-refractivity contribution in [3.8, 4) is 0 Å². The zero-order valence-corrected chi connectivity index (χ0v) is 11.6. The van der Waals surface area contributed by atoms with E-state index in [4.69, 9.17) is 5.73 Å². The van der Waals surface area contributed by atoms with Crippen molar-refractivity contribution in [1.82, 2.24) is 0 Å². The summed E-state index contributed by atoms with van der Waals surface area (Å²) in [5.74, 6) is -1.01. The van der Waals surface area contributed by atoms with E-state index in [1.54, 1.807) is 6.07 Å². The number of carbonyl (C=O) groups excluding carboxylic acids is 1. The van der Waals surface area contributed by atoms with Gasteiger partial charge < -0.3 is 10.8 Å². The normalized spacial score (nSPS) is 18.7. The molecular formula is C15H20N2O3. The number of carbonyl (C=O) groups is 2. The van der Waals surface area contributed by atoms with Gasteiger partial charge in [0.1, 0.15) is 6.04 Å². The third kappa shape index (κ3) is 2.67. The quantitative estimate of drug-likeness (QED) is 0.851. The van der Waals surface area contributed by atoms with Gasteiger partial charge in [-0.3, -0.25) is 9.69 Å². The van der Waals surface area contributed by atoms with Crippen molar-refractivity contribution in [2.75, 3.05) is 11.4 Å².